The fraction of sp³-hybridized carbons (Fsp3) is 0.533. The molecule has 0 spiro atoms. The molecule has 0 unspecified atom stereocenters. The Morgan fingerprint density at radius 3 is 2.80 bits per heavy atom. The Kier molecular flexibility index (Phi) is 5.35. The second-order valence-corrected chi connectivity index (χ2v) is 4.79. The summed E-state index contributed by atoms with van der Waals surface area (Å²) >= 11 is 0. The lowest BCUT2D eigenvalue weighted by molar-refractivity contribution is -0.144. The predicted molar refractivity (Wildman–Crippen MR) is 73.1 cm³/mol. The normalized spacial score (nSPS) is 14.3. The van der Waals surface area contributed by atoms with Crippen molar-refractivity contribution in [2.45, 2.75) is 25.8 Å². The molecule has 0 N–H and O–H groups in total. The highest BCUT2D eigenvalue weighted by Gasteiger charge is 2.30. The van der Waals surface area contributed by atoms with Gasteiger partial charge < -0.3 is 9.47 Å². The fourth-order valence-electron chi connectivity index (χ4n) is 2.04. The monoisotopic (exact) mass is 281 g/mol. The molecule has 0 heterocycles. The molecule has 0 aliphatic heterocycles. The first kappa shape index (κ1) is 14.8. The van der Waals surface area contributed by atoms with Gasteiger partial charge in [-0.05, 0) is 31.9 Å². The molecular weight excluding hydrogens is 261 g/mol. The van der Waals surface area contributed by atoms with Crippen LogP contribution >= 0.6 is 0 Å². The zero-order chi connectivity index (χ0) is 14.4. The van der Waals surface area contributed by atoms with E-state index in [1.54, 1.807) is 25.1 Å². The van der Waals surface area contributed by atoms with Crippen molar-refractivity contribution in [1.82, 2.24) is 4.90 Å². The molecule has 0 aromatic heterocycles. The third-order valence-electron chi connectivity index (χ3n) is 3.17. The second kappa shape index (κ2) is 7.24. The number of hydrogen-bond acceptors (Lipinski definition) is 4. The van der Waals surface area contributed by atoms with E-state index in [0.717, 1.165) is 12.8 Å². The Hall–Kier alpha value is -1.62. The fourth-order valence-corrected chi connectivity index (χ4v) is 2.04. The first-order valence-electron chi connectivity index (χ1n) is 6.97. The summed E-state index contributed by atoms with van der Waals surface area (Å²) in [6, 6.07) is 6.76. The molecule has 0 saturated heterocycles. The highest BCUT2D eigenvalue weighted by Crippen LogP contribution is 2.26. The van der Waals surface area contributed by atoms with Crippen LogP contribution < -0.4 is 4.74 Å². The minimum atomic E-state index is -0.365. The van der Waals surface area contributed by atoms with Crippen molar-refractivity contribution in [2.75, 3.05) is 26.3 Å². The molecule has 20 heavy (non-hydrogen) atoms. The molecule has 1 saturated carbocycles. The Bertz CT molecular complexity index is 448. The molecule has 1 aromatic rings. The Morgan fingerprint density at radius 1 is 1.40 bits per heavy atom. The van der Waals surface area contributed by atoms with Crippen molar-refractivity contribution in [1.29, 1.82) is 0 Å². The standard InChI is InChI=1S/C15H20FNO3/c1-2-19-15(18)11-17(12-7-8-12)9-10-20-14-6-4-3-5-13(14)16/h3-6,12H,2,7-11H2,1H3. The Labute approximate surface area is 118 Å². The molecular formula is C15H20FNO3. The van der Waals surface area contributed by atoms with Gasteiger partial charge in [0.1, 0.15) is 6.61 Å². The van der Waals surface area contributed by atoms with Gasteiger partial charge in [0.2, 0.25) is 0 Å². The Morgan fingerprint density at radius 2 is 2.15 bits per heavy atom. The van der Waals surface area contributed by atoms with Crippen molar-refractivity contribution >= 4 is 5.97 Å². The molecule has 110 valence electrons. The number of benzene rings is 1. The lowest BCUT2D eigenvalue weighted by Gasteiger charge is -2.20. The van der Waals surface area contributed by atoms with Crippen LogP contribution in [-0.4, -0.2) is 43.2 Å². The molecule has 1 aliphatic rings. The highest BCUT2D eigenvalue weighted by molar-refractivity contribution is 5.71. The molecule has 0 radical (unpaired) electrons. The lowest BCUT2D eigenvalue weighted by atomic mass is 10.3. The van der Waals surface area contributed by atoms with E-state index >= 15 is 0 Å². The molecule has 5 heteroatoms. The van der Waals surface area contributed by atoms with E-state index in [9.17, 15) is 9.18 Å². The molecule has 2 rings (SSSR count). The van der Waals surface area contributed by atoms with Gasteiger partial charge in [0.15, 0.2) is 11.6 Å². The third kappa shape index (κ3) is 4.49. The quantitative estimate of drug-likeness (QED) is 0.685. The summed E-state index contributed by atoms with van der Waals surface area (Å²) in [5, 5.41) is 0. The van der Waals surface area contributed by atoms with E-state index in [1.165, 1.54) is 6.07 Å². The van der Waals surface area contributed by atoms with Crippen LogP contribution in [0.25, 0.3) is 0 Å². The first-order valence-corrected chi connectivity index (χ1v) is 6.97. The van der Waals surface area contributed by atoms with E-state index in [2.05, 4.69) is 0 Å². The van der Waals surface area contributed by atoms with E-state index in [1.807, 2.05) is 4.90 Å². The van der Waals surface area contributed by atoms with Crippen molar-refractivity contribution in [3.63, 3.8) is 0 Å². The van der Waals surface area contributed by atoms with Crippen molar-refractivity contribution < 1.29 is 18.7 Å². The van der Waals surface area contributed by atoms with Crippen molar-refractivity contribution in [3.8, 4) is 5.75 Å². The van der Waals surface area contributed by atoms with Crippen LogP contribution in [0.3, 0.4) is 0 Å². The first-order chi connectivity index (χ1) is 9.70. The SMILES string of the molecule is CCOC(=O)CN(CCOc1ccccc1F)C1CC1. The number of nitrogens with zero attached hydrogens (tertiary/aromatic N) is 1. The maximum atomic E-state index is 13.4. The van der Waals surface area contributed by atoms with Crippen LogP contribution in [0.1, 0.15) is 19.8 Å². The second-order valence-electron chi connectivity index (χ2n) is 4.79. The average Bonchev–Trinajstić information content (AvgIpc) is 3.24. The van der Waals surface area contributed by atoms with Gasteiger partial charge in [-0.2, -0.15) is 0 Å². The Balaban J connectivity index is 1.78. The lowest BCUT2D eigenvalue weighted by Crippen LogP contribution is -2.36. The summed E-state index contributed by atoms with van der Waals surface area (Å²) in [5.74, 6) is -0.333. The van der Waals surface area contributed by atoms with E-state index in [4.69, 9.17) is 9.47 Å². The minimum absolute atomic E-state index is 0.217. The summed E-state index contributed by atoms with van der Waals surface area (Å²) in [5.41, 5.74) is 0. The highest BCUT2D eigenvalue weighted by atomic mass is 19.1. The molecule has 0 atom stereocenters. The van der Waals surface area contributed by atoms with Gasteiger partial charge in [0.25, 0.3) is 0 Å². The summed E-state index contributed by atoms with van der Waals surface area (Å²) in [7, 11) is 0. The van der Waals surface area contributed by atoms with Crippen molar-refractivity contribution in [3.05, 3.63) is 30.1 Å². The van der Waals surface area contributed by atoms with Gasteiger partial charge in [-0.3, -0.25) is 9.69 Å². The molecule has 0 amide bonds. The topological polar surface area (TPSA) is 38.8 Å². The molecule has 0 bridgehead atoms. The number of hydrogen-bond donors (Lipinski definition) is 0. The third-order valence-corrected chi connectivity index (χ3v) is 3.17. The van der Waals surface area contributed by atoms with Gasteiger partial charge in [0.05, 0.1) is 13.2 Å². The summed E-state index contributed by atoms with van der Waals surface area (Å²) in [6.45, 7) is 3.41. The molecule has 1 aromatic carbocycles. The van der Waals surface area contributed by atoms with Crippen LogP contribution in [0.4, 0.5) is 4.39 Å². The zero-order valence-corrected chi connectivity index (χ0v) is 11.7. The van der Waals surface area contributed by atoms with Crippen LogP contribution in [0.15, 0.2) is 24.3 Å². The maximum absolute atomic E-state index is 13.4. The summed E-state index contributed by atoms with van der Waals surface area (Å²) in [6.07, 6.45) is 2.19. The number of ether oxygens (including phenoxy) is 2. The van der Waals surface area contributed by atoms with Gasteiger partial charge in [-0.25, -0.2) is 4.39 Å². The van der Waals surface area contributed by atoms with E-state index in [-0.39, 0.29) is 24.1 Å². The minimum Gasteiger partial charge on any atom is -0.489 e. The van der Waals surface area contributed by atoms with Gasteiger partial charge in [0, 0.05) is 12.6 Å². The van der Waals surface area contributed by atoms with Crippen LogP contribution in [-0.2, 0) is 9.53 Å². The van der Waals surface area contributed by atoms with Crippen LogP contribution in [0.2, 0.25) is 0 Å². The maximum Gasteiger partial charge on any atom is 0.320 e. The number of halogens is 1. The van der Waals surface area contributed by atoms with Crippen molar-refractivity contribution in [2.24, 2.45) is 0 Å². The number of esters is 1. The largest absolute Gasteiger partial charge is 0.489 e. The number of rotatable bonds is 8. The number of carbonyl (C=O) groups excluding carboxylic acids is 1. The van der Waals surface area contributed by atoms with E-state index < -0.39 is 0 Å². The summed E-state index contributed by atoms with van der Waals surface area (Å²) in [4.78, 5) is 13.5. The number of para-hydroxylation sites is 1. The van der Waals surface area contributed by atoms with Crippen LogP contribution in [0.5, 0.6) is 5.75 Å². The van der Waals surface area contributed by atoms with Crippen LogP contribution in [0, 0.1) is 5.82 Å². The smallest absolute Gasteiger partial charge is 0.320 e. The van der Waals surface area contributed by atoms with Gasteiger partial charge in [-0.1, -0.05) is 12.1 Å². The average molecular weight is 281 g/mol. The number of carbonyl (C=O) groups is 1. The molecule has 1 aliphatic carbocycles. The van der Waals surface area contributed by atoms with E-state index in [0.29, 0.717) is 25.8 Å². The molecule has 1 fully saturated rings. The zero-order valence-electron chi connectivity index (χ0n) is 11.7. The predicted octanol–water partition coefficient (Wildman–Crippen LogP) is 2.23. The molecule has 4 nitrogen and oxygen atoms in total. The summed E-state index contributed by atoms with van der Waals surface area (Å²) < 4.78 is 23.8. The van der Waals surface area contributed by atoms with Gasteiger partial charge >= 0.3 is 5.97 Å². The van der Waals surface area contributed by atoms with Gasteiger partial charge in [-0.15, -0.1) is 0 Å².